The number of primary sulfonamides is 1. The quantitative estimate of drug-likeness (QED) is 0.832. The van der Waals surface area contributed by atoms with Crippen molar-refractivity contribution < 1.29 is 17.9 Å². The van der Waals surface area contributed by atoms with Gasteiger partial charge in [0.1, 0.15) is 0 Å². The van der Waals surface area contributed by atoms with Crippen molar-refractivity contribution in [2.24, 2.45) is 5.14 Å². The van der Waals surface area contributed by atoms with Gasteiger partial charge in [0.25, 0.3) is 0 Å². The third-order valence-electron chi connectivity index (χ3n) is 3.31. The van der Waals surface area contributed by atoms with Gasteiger partial charge in [-0.3, -0.25) is 9.69 Å². The molecule has 0 saturated carbocycles. The summed E-state index contributed by atoms with van der Waals surface area (Å²) in [6.07, 6.45) is 0.171. The first-order valence-corrected chi connectivity index (χ1v) is 8.59. The maximum Gasteiger partial charge on any atom is 0.238 e. The number of amides is 1. The molecule has 1 aromatic carbocycles. The van der Waals surface area contributed by atoms with Crippen LogP contribution in [0.25, 0.3) is 0 Å². The van der Waals surface area contributed by atoms with E-state index in [2.05, 4.69) is 5.32 Å². The Labute approximate surface area is 130 Å². The van der Waals surface area contributed by atoms with Crippen LogP contribution in [0, 0.1) is 0 Å². The molecular weight excluding hydrogens is 306 g/mol. The van der Waals surface area contributed by atoms with Crippen LogP contribution in [0.1, 0.15) is 13.8 Å². The second-order valence-electron chi connectivity index (χ2n) is 5.57. The van der Waals surface area contributed by atoms with Crippen molar-refractivity contribution in [3.05, 3.63) is 24.3 Å². The smallest absolute Gasteiger partial charge is 0.238 e. The van der Waals surface area contributed by atoms with Crippen molar-refractivity contribution >= 4 is 21.6 Å². The lowest BCUT2D eigenvalue weighted by Crippen LogP contribution is -2.48. The van der Waals surface area contributed by atoms with Gasteiger partial charge in [-0.1, -0.05) is 6.07 Å². The summed E-state index contributed by atoms with van der Waals surface area (Å²) in [4.78, 5) is 14.1. The number of nitrogens with one attached hydrogen (secondary N) is 1. The number of carbonyl (C=O) groups is 1. The molecule has 2 atom stereocenters. The first-order valence-electron chi connectivity index (χ1n) is 7.04. The summed E-state index contributed by atoms with van der Waals surface area (Å²) in [6.45, 7) is 5.55. The molecule has 0 aliphatic carbocycles. The van der Waals surface area contributed by atoms with Crippen molar-refractivity contribution in [2.45, 2.75) is 31.0 Å². The molecule has 1 aliphatic heterocycles. The molecule has 122 valence electrons. The van der Waals surface area contributed by atoms with E-state index in [1.807, 2.05) is 18.7 Å². The molecule has 1 aliphatic rings. The van der Waals surface area contributed by atoms with E-state index in [-0.39, 0.29) is 29.6 Å². The van der Waals surface area contributed by atoms with Crippen LogP contribution >= 0.6 is 0 Å². The summed E-state index contributed by atoms with van der Waals surface area (Å²) in [7, 11) is -3.78. The Balaban J connectivity index is 1.97. The molecule has 0 aromatic heterocycles. The molecule has 2 unspecified atom stereocenters. The van der Waals surface area contributed by atoms with E-state index in [4.69, 9.17) is 9.88 Å². The van der Waals surface area contributed by atoms with Crippen molar-refractivity contribution in [3.8, 4) is 0 Å². The average Bonchev–Trinajstić information content (AvgIpc) is 2.36. The third-order valence-corrected chi connectivity index (χ3v) is 4.22. The normalized spacial score (nSPS) is 23.2. The van der Waals surface area contributed by atoms with Crippen LogP contribution in [-0.2, 0) is 19.6 Å². The largest absolute Gasteiger partial charge is 0.373 e. The van der Waals surface area contributed by atoms with E-state index in [0.717, 1.165) is 0 Å². The Bertz CT molecular complexity index is 637. The van der Waals surface area contributed by atoms with Gasteiger partial charge in [-0.2, -0.15) is 0 Å². The molecular formula is C14H21N3O4S. The van der Waals surface area contributed by atoms with Gasteiger partial charge in [0.2, 0.25) is 15.9 Å². The zero-order chi connectivity index (χ0) is 16.3. The lowest BCUT2D eigenvalue weighted by Gasteiger charge is -2.34. The minimum atomic E-state index is -3.78. The summed E-state index contributed by atoms with van der Waals surface area (Å²) >= 11 is 0. The SMILES string of the molecule is CC1CN(CC(=O)Nc2cccc(S(N)(=O)=O)c2)CC(C)O1. The Morgan fingerprint density at radius 2 is 2.00 bits per heavy atom. The number of carbonyl (C=O) groups excluding carboxylic acids is 1. The Hall–Kier alpha value is -1.48. The highest BCUT2D eigenvalue weighted by atomic mass is 32.2. The maximum absolute atomic E-state index is 12.1. The van der Waals surface area contributed by atoms with Gasteiger partial charge in [0.15, 0.2) is 0 Å². The summed E-state index contributed by atoms with van der Waals surface area (Å²) < 4.78 is 28.2. The molecule has 1 amide bonds. The molecule has 22 heavy (non-hydrogen) atoms. The topological polar surface area (TPSA) is 102 Å². The van der Waals surface area contributed by atoms with Crippen LogP contribution in [0.5, 0.6) is 0 Å². The van der Waals surface area contributed by atoms with Gasteiger partial charge in [-0.05, 0) is 32.0 Å². The molecule has 1 saturated heterocycles. The van der Waals surface area contributed by atoms with Gasteiger partial charge in [0, 0.05) is 18.8 Å². The van der Waals surface area contributed by atoms with E-state index >= 15 is 0 Å². The molecule has 0 bridgehead atoms. The number of hydrogen-bond acceptors (Lipinski definition) is 5. The van der Waals surface area contributed by atoms with E-state index < -0.39 is 10.0 Å². The van der Waals surface area contributed by atoms with Gasteiger partial charge >= 0.3 is 0 Å². The number of nitrogens with two attached hydrogens (primary N) is 1. The fourth-order valence-corrected chi connectivity index (χ4v) is 3.13. The van der Waals surface area contributed by atoms with Gasteiger partial charge in [-0.15, -0.1) is 0 Å². The number of hydrogen-bond donors (Lipinski definition) is 2. The Kier molecular flexibility index (Phi) is 5.17. The number of anilines is 1. The highest BCUT2D eigenvalue weighted by molar-refractivity contribution is 7.89. The van der Waals surface area contributed by atoms with Crippen molar-refractivity contribution in [1.29, 1.82) is 0 Å². The monoisotopic (exact) mass is 327 g/mol. The minimum Gasteiger partial charge on any atom is -0.373 e. The molecule has 7 nitrogen and oxygen atoms in total. The lowest BCUT2D eigenvalue weighted by atomic mass is 10.2. The number of benzene rings is 1. The van der Waals surface area contributed by atoms with Crippen molar-refractivity contribution in [2.75, 3.05) is 25.0 Å². The van der Waals surface area contributed by atoms with Crippen LogP contribution in [0.15, 0.2) is 29.2 Å². The highest BCUT2D eigenvalue weighted by Gasteiger charge is 2.23. The molecule has 8 heteroatoms. The second kappa shape index (κ2) is 6.74. The predicted octanol–water partition coefficient (Wildman–Crippen LogP) is 0.382. The highest BCUT2D eigenvalue weighted by Crippen LogP contribution is 2.15. The standard InChI is InChI=1S/C14H21N3O4S/c1-10-7-17(8-11(2)21-10)9-14(18)16-12-4-3-5-13(6-12)22(15,19)20/h3-6,10-11H,7-9H2,1-2H3,(H,16,18)(H2,15,19,20). The fourth-order valence-electron chi connectivity index (χ4n) is 2.57. The summed E-state index contributed by atoms with van der Waals surface area (Å²) in [5, 5.41) is 7.76. The summed E-state index contributed by atoms with van der Waals surface area (Å²) in [6, 6.07) is 5.89. The zero-order valence-corrected chi connectivity index (χ0v) is 13.5. The number of morpholine rings is 1. The summed E-state index contributed by atoms with van der Waals surface area (Å²) in [5.41, 5.74) is 0.408. The van der Waals surface area contributed by atoms with Crippen molar-refractivity contribution in [3.63, 3.8) is 0 Å². The van der Waals surface area contributed by atoms with Crippen LogP contribution in [0.3, 0.4) is 0 Å². The first-order chi connectivity index (χ1) is 10.2. The molecule has 3 N–H and O–H groups in total. The zero-order valence-electron chi connectivity index (χ0n) is 12.7. The average molecular weight is 327 g/mol. The first kappa shape index (κ1) is 16.9. The van der Waals surface area contributed by atoms with Gasteiger partial charge in [-0.25, -0.2) is 13.6 Å². The third kappa shape index (κ3) is 4.77. The minimum absolute atomic E-state index is 0.0288. The predicted molar refractivity (Wildman–Crippen MR) is 82.9 cm³/mol. The number of ether oxygens (including phenoxy) is 1. The fraction of sp³-hybridized carbons (Fsp3) is 0.500. The van der Waals surface area contributed by atoms with Crippen LogP contribution < -0.4 is 10.5 Å². The maximum atomic E-state index is 12.1. The molecule has 1 heterocycles. The van der Waals surface area contributed by atoms with E-state index in [1.54, 1.807) is 6.07 Å². The Morgan fingerprint density at radius 3 is 2.59 bits per heavy atom. The molecule has 1 fully saturated rings. The van der Waals surface area contributed by atoms with Gasteiger partial charge < -0.3 is 10.1 Å². The van der Waals surface area contributed by atoms with Crippen LogP contribution in [-0.4, -0.2) is 51.1 Å². The lowest BCUT2D eigenvalue weighted by molar-refractivity contribution is -0.121. The molecule has 1 aromatic rings. The molecule has 2 rings (SSSR count). The second-order valence-corrected chi connectivity index (χ2v) is 7.13. The van der Waals surface area contributed by atoms with Crippen molar-refractivity contribution in [1.82, 2.24) is 4.90 Å². The van der Waals surface area contributed by atoms with E-state index in [9.17, 15) is 13.2 Å². The Morgan fingerprint density at radius 1 is 1.36 bits per heavy atom. The van der Waals surface area contributed by atoms with Crippen LogP contribution in [0.2, 0.25) is 0 Å². The number of rotatable bonds is 4. The number of nitrogens with zero attached hydrogens (tertiary/aromatic N) is 1. The van der Waals surface area contributed by atoms with Gasteiger partial charge in [0.05, 0.1) is 23.6 Å². The van der Waals surface area contributed by atoms with E-state index in [0.29, 0.717) is 18.8 Å². The van der Waals surface area contributed by atoms with Crippen LogP contribution in [0.4, 0.5) is 5.69 Å². The van der Waals surface area contributed by atoms with E-state index in [1.165, 1.54) is 18.2 Å². The molecule has 0 radical (unpaired) electrons. The number of sulfonamides is 1. The molecule has 0 spiro atoms. The summed E-state index contributed by atoms with van der Waals surface area (Å²) in [5.74, 6) is -0.201.